The lowest BCUT2D eigenvalue weighted by Gasteiger charge is -2.37. The molecule has 0 aliphatic heterocycles. The first-order valence-electron chi connectivity index (χ1n) is 44.7. The summed E-state index contributed by atoms with van der Waals surface area (Å²) in [5, 5.41) is 4.57. The van der Waals surface area contributed by atoms with Crippen molar-refractivity contribution in [3.05, 3.63) is 454 Å². The van der Waals surface area contributed by atoms with E-state index in [1.807, 2.05) is 24.3 Å². The van der Waals surface area contributed by atoms with Gasteiger partial charge in [0, 0.05) is 90.7 Å². The van der Waals surface area contributed by atoms with Crippen molar-refractivity contribution in [2.75, 3.05) is 26.4 Å². The minimum atomic E-state index is -0.974. The van der Waals surface area contributed by atoms with Crippen LogP contribution in [0.3, 0.4) is 0 Å². The Kier molecular flexibility index (Phi) is 19.2. The molecular weight excluding hydrogens is 1620 g/mol. The average Bonchev–Trinajstić information content (AvgIpc) is 1.71. The number of para-hydroxylation sites is 4. The van der Waals surface area contributed by atoms with Crippen molar-refractivity contribution in [2.45, 2.75) is 5.41 Å². The van der Waals surface area contributed by atoms with Crippen LogP contribution < -0.4 is 18.9 Å². The summed E-state index contributed by atoms with van der Waals surface area (Å²) in [5.74, 6) is 13.5. The molecule has 24 rings (SSSR count). The van der Waals surface area contributed by atoms with Gasteiger partial charge in [0.1, 0.15) is 49.4 Å². The number of terminal acetylenes is 4. The van der Waals surface area contributed by atoms with Crippen molar-refractivity contribution in [1.82, 2.24) is 19.9 Å². The van der Waals surface area contributed by atoms with Gasteiger partial charge in [-0.25, -0.2) is 0 Å². The Balaban J connectivity index is 0.681. The summed E-state index contributed by atoms with van der Waals surface area (Å²) in [6, 6.07) is 124. The molecule has 0 amide bonds. The van der Waals surface area contributed by atoms with Crippen molar-refractivity contribution < 1.29 is 18.9 Å². The zero-order valence-electron chi connectivity index (χ0n) is 72.2. The SMILES string of the molecule is C#CCOc1ccc2c(c1)/C(=C\c1c[nH]c3ccccc13)c1cc(-c3ccc(C(c4ccc(-c5ccc6c(c5)/C(=C/c5c[nH]c7ccccc57)c5cc(OCC#C)ccc5-6)cc4)(c4ccc(-c5ccc6c(c5)/C(=C/c5c[nH]c7ccccc57)c5cc(OCC#C)ccc5-6)cc4)c4ccc(-c5ccc6c(c5)/C(=C/c5c[nH]c7ccccc57)c5cc(OCC#C)ccc5-6)cc4)cc3)ccc1-2. The number of aromatic amines is 4. The summed E-state index contributed by atoms with van der Waals surface area (Å²) >= 11 is 0. The van der Waals surface area contributed by atoms with Gasteiger partial charge < -0.3 is 38.9 Å². The normalized spacial score (nSPS) is 13.6. The van der Waals surface area contributed by atoms with E-state index in [9.17, 15) is 0 Å². The van der Waals surface area contributed by atoms with Gasteiger partial charge in [0.15, 0.2) is 0 Å². The van der Waals surface area contributed by atoms with Crippen molar-refractivity contribution in [1.29, 1.82) is 0 Å². The van der Waals surface area contributed by atoms with Crippen molar-refractivity contribution in [2.24, 2.45) is 0 Å². The molecule has 0 spiro atoms. The zero-order chi connectivity index (χ0) is 88.8. The standard InChI is InChI=1S/C125H80N4O4/c1-5-57-130-93-45-53-105-101-49-33-81(61-109(101)113(117(105)69-93)65-85-73-126-121-21-13-9-17-97(85)121)77-25-37-89(38-26-77)125(90-39-27-78(28-40-90)82-34-50-102-106-54-46-94(131-58-6-2)70-118(106)114(110(102)62-82)66-86-74-127-122-22-14-10-18-98(86)122,91-41-29-79(30-42-91)83-35-51-103-107-55-47-95(132-59-7-3)71-119(107)115(111(103)63-83)67-87-75-128-123-23-15-11-19-99(87)123)92-43-31-80(32-44-92)84-36-52-104-108-56-48-96(133-60-8-4)72-120(108)116(112(104)64-84)68-88-76-129-124-24-16-12-20-100(88)124/h1-4,9-56,61-76,126-129H,57-60H2/b113-65-,114-66-,115-67-,116-68-. The lowest BCUT2D eigenvalue weighted by atomic mass is 9.64. The molecule has 4 aromatic heterocycles. The monoisotopic (exact) mass is 1700 g/mol. The summed E-state index contributed by atoms with van der Waals surface area (Å²) in [5.41, 5.74) is 42.9. The number of hydrogen-bond acceptors (Lipinski definition) is 4. The lowest BCUT2D eigenvalue weighted by Crippen LogP contribution is -2.31. The Labute approximate surface area is 770 Å². The quantitative estimate of drug-likeness (QED) is 0.0451. The minimum absolute atomic E-state index is 0.165. The molecule has 0 fully saturated rings. The number of rotatable bonds is 20. The fourth-order valence-corrected chi connectivity index (χ4v) is 20.8. The highest BCUT2D eigenvalue weighted by Gasteiger charge is 2.40. The van der Waals surface area contributed by atoms with Gasteiger partial charge in [0.2, 0.25) is 0 Å². The molecule has 4 aliphatic rings. The number of fused-ring (bicyclic) bond motifs is 16. The van der Waals surface area contributed by atoms with Gasteiger partial charge in [0.25, 0.3) is 0 Å². The summed E-state index contributed by atoms with van der Waals surface area (Å²) in [7, 11) is 0. The molecule has 0 unspecified atom stereocenters. The molecule has 0 saturated heterocycles. The van der Waals surface area contributed by atoms with Gasteiger partial charge in [-0.05, 0) is 299 Å². The van der Waals surface area contributed by atoms with Crippen LogP contribution in [-0.2, 0) is 5.41 Å². The predicted octanol–water partition coefficient (Wildman–Crippen LogP) is 29.0. The zero-order valence-corrected chi connectivity index (χ0v) is 72.2. The third-order valence-corrected chi connectivity index (χ3v) is 27.1. The van der Waals surface area contributed by atoms with Crippen LogP contribution >= 0.6 is 0 Å². The lowest BCUT2D eigenvalue weighted by molar-refractivity contribution is 0.370. The molecule has 624 valence electrons. The predicted molar refractivity (Wildman–Crippen MR) is 547 cm³/mol. The van der Waals surface area contributed by atoms with Crippen LogP contribution in [0.5, 0.6) is 23.0 Å². The maximum absolute atomic E-state index is 6.13. The van der Waals surface area contributed by atoms with E-state index in [1.54, 1.807) is 0 Å². The Morgan fingerprint density at radius 2 is 0.406 bits per heavy atom. The van der Waals surface area contributed by atoms with Crippen molar-refractivity contribution >= 4 is 90.2 Å². The number of benzene rings is 16. The molecule has 4 aliphatic carbocycles. The second-order valence-corrected chi connectivity index (χ2v) is 34.3. The molecule has 4 N–H and O–H groups in total. The van der Waals surface area contributed by atoms with E-state index in [2.05, 4.69) is 408 Å². The molecule has 0 bridgehead atoms. The Bertz CT molecular complexity index is 7530. The fraction of sp³-hybridized carbons (Fsp3) is 0.0400. The van der Waals surface area contributed by atoms with E-state index in [0.717, 1.165) is 267 Å². The summed E-state index contributed by atoms with van der Waals surface area (Å²) in [6.07, 6.45) is 40.8. The highest BCUT2D eigenvalue weighted by atomic mass is 16.5. The number of hydrogen-bond donors (Lipinski definition) is 4. The van der Waals surface area contributed by atoms with Crippen LogP contribution in [-0.4, -0.2) is 46.4 Å². The number of aromatic nitrogens is 4. The maximum Gasteiger partial charge on any atom is 0.148 e. The first kappa shape index (κ1) is 78.6. The highest BCUT2D eigenvalue weighted by molar-refractivity contribution is 6.14. The first-order chi connectivity index (χ1) is 65.7. The molecule has 20 aromatic rings. The summed E-state index contributed by atoms with van der Waals surface area (Å²) in [4.78, 5) is 14.1. The molecule has 8 nitrogen and oxygen atoms in total. The molecule has 8 heteroatoms. The highest BCUT2D eigenvalue weighted by Crippen LogP contribution is 2.56. The number of nitrogens with one attached hydrogen (secondary N) is 4. The first-order valence-corrected chi connectivity index (χ1v) is 44.7. The summed E-state index contributed by atoms with van der Waals surface area (Å²) in [6.45, 7) is 0.660. The summed E-state index contributed by atoms with van der Waals surface area (Å²) < 4.78 is 24.5. The van der Waals surface area contributed by atoms with Crippen LogP contribution in [0, 0.1) is 49.4 Å². The van der Waals surface area contributed by atoms with E-state index >= 15 is 0 Å². The third kappa shape index (κ3) is 13.5. The van der Waals surface area contributed by atoms with E-state index in [1.165, 1.54) is 0 Å². The maximum atomic E-state index is 6.13. The van der Waals surface area contributed by atoms with E-state index in [-0.39, 0.29) is 26.4 Å². The Morgan fingerprint density at radius 3 is 0.624 bits per heavy atom. The molecule has 16 aromatic carbocycles. The van der Waals surface area contributed by atoms with Gasteiger partial charge in [0.05, 0.1) is 5.41 Å². The van der Waals surface area contributed by atoms with Gasteiger partial charge in [-0.3, -0.25) is 0 Å². The molecular formula is C125H80N4O4. The molecule has 4 heterocycles. The topological polar surface area (TPSA) is 100 Å². The number of ether oxygens (including phenoxy) is 4. The van der Waals surface area contributed by atoms with Crippen LogP contribution in [0.1, 0.15) is 89.0 Å². The Morgan fingerprint density at radius 1 is 0.211 bits per heavy atom. The van der Waals surface area contributed by atoms with E-state index < -0.39 is 5.41 Å². The second kappa shape index (κ2) is 32.4. The van der Waals surface area contributed by atoms with E-state index in [0.29, 0.717) is 0 Å². The smallest absolute Gasteiger partial charge is 0.148 e. The molecule has 0 atom stereocenters. The number of H-pyrrole nitrogens is 4. The second-order valence-electron chi connectivity index (χ2n) is 34.3. The van der Waals surface area contributed by atoms with Gasteiger partial charge >= 0.3 is 0 Å². The van der Waals surface area contributed by atoms with Crippen LogP contribution in [0.4, 0.5) is 0 Å². The third-order valence-electron chi connectivity index (χ3n) is 27.1. The van der Waals surface area contributed by atoms with Crippen molar-refractivity contribution in [3.8, 4) is 161 Å². The van der Waals surface area contributed by atoms with E-state index in [4.69, 9.17) is 44.6 Å². The van der Waals surface area contributed by atoms with Gasteiger partial charge in [-0.2, -0.15) is 0 Å². The Hall–Kier alpha value is -17.9. The minimum Gasteiger partial charge on any atom is -0.481 e. The van der Waals surface area contributed by atoms with Crippen molar-refractivity contribution in [3.63, 3.8) is 0 Å². The molecule has 0 saturated carbocycles. The fourth-order valence-electron chi connectivity index (χ4n) is 20.8. The largest absolute Gasteiger partial charge is 0.481 e. The van der Waals surface area contributed by atoms with Gasteiger partial charge in [-0.15, -0.1) is 25.7 Å². The van der Waals surface area contributed by atoms with Crippen LogP contribution in [0.25, 0.3) is 179 Å². The van der Waals surface area contributed by atoms with Crippen LogP contribution in [0.15, 0.2) is 365 Å². The van der Waals surface area contributed by atoms with Crippen LogP contribution in [0.2, 0.25) is 0 Å². The molecule has 133 heavy (non-hydrogen) atoms. The molecule has 0 radical (unpaired) electrons. The average molecular weight is 1700 g/mol. The van der Waals surface area contributed by atoms with Gasteiger partial charge in [-0.1, -0.05) is 266 Å².